The van der Waals surface area contributed by atoms with Crippen molar-refractivity contribution in [3.05, 3.63) is 0 Å². The summed E-state index contributed by atoms with van der Waals surface area (Å²) in [6.07, 6.45) is 58.4. The van der Waals surface area contributed by atoms with E-state index in [1.165, 1.54) is 257 Å². The van der Waals surface area contributed by atoms with Gasteiger partial charge in [0, 0.05) is 10.4 Å². The zero-order valence-electron chi connectivity index (χ0n) is 35.2. The first-order valence-corrected chi connectivity index (χ1v) is 24.4. The summed E-state index contributed by atoms with van der Waals surface area (Å²) in [6, 6.07) is 0. The lowest BCUT2D eigenvalue weighted by Gasteiger charge is -2.06. The molecule has 0 unspecified atom stereocenters. The highest BCUT2D eigenvalue weighted by Gasteiger charge is 1.97. The van der Waals surface area contributed by atoms with Crippen molar-refractivity contribution in [2.75, 3.05) is 13.1 Å². The van der Waals surface area contributed by atoms with Crippen molar-refractivity contribution in [1.82, 2.24) is 0 Å². The van der Waals surface area contributed by atoms with Gasteiger partial charge in [-0.15, -0.1) is 0 Å². The Morgan fingerprint density at radius 1 is 0.275 bits per heavy atom. The van der Waals surface area contributed by atoms with Gasteiger partial charge in [-0.2, -0.15) is 0 Å². The lowest BCUT2D eigenvalue weighted by molar-refractivity contribution is -0.368. The summed E-state index contributed by atoms with van der Waals surface area (Å²) in [6.45, 7) is 6.84. The molecule has 0 aliphatic carbocycles. The van der Waals surface area contributed by atoms with Crippen molar-refractivity contribution in [2.45, 2.75) is 271 Å². The van der Waals surface area contributed by atoms with Crippen molar-refractivity contribution in [2.24, 2.45) is 0 Å². The molecule has 0 aliphatic rings. The Labute approximate surface area is 322 Å². The van der Waals surface area contributed by atoms with Gasteiger partial charge < -0.3 is 20.6 Å². The van der Waals surface area contributed by atoms with Gasteiger partial charge in [-0.3, -0.25) is 8.42 Å². The van der Waals surface area contributed by atoms with Crippen LogP contribution in [0.25, 0.3) is 0 Å². The predicted octanol–water partition coefficient (Wildman–Crippen LogP) is 12.8. The second kappa shape index (κ2) is 51.9. The number of quaternary nitrogens is 2. The molecular formula is C44H96N2O4S. The highest BCUT2D eigenvalue weighted by Crippen LogP contribution is 2.16. The van der Waals surface area contributed by atoms with Gasteiger partial charge in [0.25, 0.3) is 0 Å². The zero-order chi connectivity index (χ0) is 38.2. The molecule has 0 aromatic rings. The third-order valence-corrected chi connectivity index (χ3v) is 10.2. The molecule has 0 aromatic carbocycles. The van der Waals surface area contributed by atoms with Gasteiger partial charge >= 0.3 is 0 Å². The van der Waals surface area contributed by atoms with Crippen LogP contribution in [0.5, 0.6) is 0 Å². The van der Waals surface area contributed by atoms with Crippen LogP contribution in [0.1, 0.15) is 271 Å². The number of hydrogen-bond acceptors (Lipinski definition) is 4. The number of rotatable bonds is 40. The van der Waals surface area contributed by atoms with E-state index in [2.05, 4.69) is 25.3 Å². The van der Waals surface area contributed by atoms with Crippen LogP contribution in [0.4, 0.5) is 0 Å². The zero-order valence-corrected chi connectivity index (χ0v) is 36.0. The lowest BCUT2D eigenvalue weighted by Crippen LogP contribution is -2.50. The molecule has 0 fully saturated rings. The maximum absolute atomic E-state index is 8.52. The molecule has 0 aliphatic heterocycles. The van der Waals surface area contributed by atoms with Crippen molar-refractivity contribution < 1.29 is 29.0 Å². The van der Waals surface area contributed by atoms with E-state index in [1.54, 1.807) is 0 Å². The highest BCUT2D eigenvalue weighted by molar-refractivity contribution is 7.79. The van der Waals surface area contributed by atoms with E-state index in [0.29, 0.717) is 0 Å². The van der Waals surface area contributed by atoms with Crippen molar-refractivity contribution in [3.63, 3.8) is 0 Å². The minimum Gasteiger partial charge on any atom is -0.759 e. The number of hydrogen-bond donors (Lipinski definition) is 2. The van der Waals surface area contributed by atoms with E-state index < -0.39 is 10.4 Å². The minimum absolute atomic E-state index is 1.12. The summed E-state index contributed by atoms with van der Waals surface area (Å²) in [4.78, 5) is 0. The molecule has 0 bridgehead atoms. The molecule has 0 saturated heterocycles. The molecule has 0 rings (SSSR count). The summed E-state index contributed by atoms with van der Waals surface area (Å²) >= 11 is 0. The van der Waals surface area contributed by atoms with E-state index in [0.717, 1.165) is 13.1 Å². The van der Waals surface area contributed by atoms with Gasteiger partial charge in [-0.05, 0) is 25.7 Å². The Bertz CT molecular complexity index is 588. The normalized spacial score (nSPS) is 11.3. The minimum atomic E-state index is -5.17. The van der Waals surface area contributed by atoms with Crippen LogP contribution in [0.15, 0.2) is 0 Å². The number of unbranched alkanes of at least 4 members (excludes halogenated alkanes) is 38. The maximum atomic E-state index is 8.52. The van der Waals surface area contributed by atoms with E-state index in [-0.39, 0.29) is 0 Å². The van der Waals surface area contributed by atoms with Gasteiger partial charge in [0.05, 0.1) is 13.1 Å². The van der Waals surface area contributed by atoms with Gasteiger partial charge in [0.15, 0.2) is 0 Å². The van der Waals surface area contributed by atoms with Gasteiger partial charge in [0.2, 0.25) is 0 Å². The van der Waals surface area contributed by atoms with Crippen LogP contribution in [-0.2, 0) is 10.4 Å². The Morgan fingerprint density at radius 3 is 0.471 bits per heavy atom. The summed E-state index contributed by atoms with van der Waals surface area (Å²) in [5, 5.41) is 0. The fourth-order valence-corrected chi connectivity index (χ4v) is 6.86. The lowest BCUT2D eigenvalue weighted by atomic mass is 10.0. The molecule has 7 heteroatoms. The molecule has 0 amide bonds. The monoisotopic (exact) mass is 749 g/mol. The molecule has 0 heterocycles. The van der Waals surface area contributed by atoms with E-state index >= 15 is 0 Å². The van der Waals surface area contributed by atoms with Gasteiger partial charge in [0.1, 0.15) is 0 Å². The van der Waals surface area contributed by atoms with Crippen LogP contribution in [0.2, 0.25) is 0 Å². The fraction of sp³-hybridized carbons (Fsp3) is 1.00. The van der Waals surface area contributed by atoms with Crippen LogP contribution in [-0.4, -0.2) is 30.6 Å². The Hall–Kier alpha value is -0.210. The standard InChI is InChI=1S/2C22H47N.H2O4S/c2*1-2-3-4-5-6-7-8-9-10-11-12-13-14-15-16-17-18-19-20-21-22-23;1-5(2,3)4/h2*2-23H2,1H3;(H2,1,2,3,4). The van der Waals surface area contributed by atoms with E-state index in [1.807, 2.05) is 0 Å². The molecule has 0 spiro atoms. The molecule has 51 heavy (non-hydrogen) atoms. The second-order valence-electron chi connectivity index (χ2n) is 15.6. The van der Waals surface area contributed by atoms with Gasteiger partial charge in [-0.25, -0.2) is 0 Å². The second-order valence-corrected chi connectivity index (χ2v) is 16.4. The summed E-state index contributed by atoms with van der Waals surface area (Å²) in [7, 11) is -5.17. The Morgan fingerprint density at radius 2 is 0.373 bits per heavy atom. The molecule has 312 valence electrons. The molecule has 6 N–H and O–H groups in total. The van der Waals surface area contributed by atoms with Crippen molar-refractivity contribution >= 4 is 10.4 Å². The average Bonchev–Trinajstić information content (AvgIpc) is 3.10. The summed E-state index contributed by atoms with van der Waals surface area (Å²) in [5.74, 6) is 0. The highest BCUT2D eigenvalue weighted by atomic mass is 32.3. The van der Waals surface area contributed by atoms with E-state index in [9.17, 15) is 0 Å². The predicted molar refractivity (Wildman–Crippen MR) is 222 cm³/mol. The largest absolute Gasteiger partial charge is 0.759 e. The summed E-state index contributed by atoms with van der Waals surface area (Å²) in [5.41, 5.74) is 7.81. The summed E-state index contributed by atoms with van der Waals surface area (Å²) < 4.78 is 34.1. The average molecular weight is 749 g/mol. The van der Waals surface area contributed by atoms with Crippen LogP contribution < -0.4 is 11.5 Å². The van der Waals surface area contributed by atoms with Crippen LogP contribution >= 0.6 is 0 Å². The first-order valence-electron chi connectivity index (χ1n) is 23.1. The van der Waals surface area contributed by atoms with Crippen molar-refractivity contribution in [3.8, 4) is 0 Å². The van der Waals surface area contributed by atoms with Crippen LogP contribution in [0.3, 0.4) is 0 Å². The molecule has 0 aromatic heterocycles. The Kier molecular flexibility index (Phi) is 56.1. The fourth-order valence-electron chi connectivity index (χ4n) is 6.86. The molecule has 0 atom stereocenters. The molecule has 0 radical (unpaired) electrons. The third-order valence-electron chi connectivity index (χ3n) is 10.2. The van der Waals surface area contributed by atoms with E-state index in [4.69, 9.17) is 17.5 Å². The Balaban J connectivity index is -0.000000796. The maximum Gasteiger partial charge on any atom is 0.0739 e. The molecule has 6 nitrogen and oxygen atoms in total. The first-order chi connectivity index (χ1) is 24.8. The first kappa shape index (κ1) is 55.1. The smallest absolute Gasteiger partial charge is 0.0739 e. The molecular weight excluding hydrogens is 653 g/mol. The third kappa shape index (κ3) is 71.8. The quantitative estimate of drug-likeness (QED) is 0.0366. The topological polar surface area (TPSA) is 136 Å². The molecule has 0 saturated carbocycles. The van der Waals surface area contributed by atoms with Crippen LogP contribution in [0, 0.1) is 0 Å². The SMILES string of the molecule is CCCCCCCCCCCCCCCCCCCCCC[NH3+].CCCCCCCCCCCCCCCCCCCCCC[NH3+].O=S(=O)([O-])[O-]. The van der Waals surface area contributed by atoms with Gasteiger partial charge in [-0.1, -0.05) is 245 Å². The van der Waals surface area contributed by atoms with Crippen molar-refractivity contribution in [1.29, 1.82) is 0 Å².